The molecule has 0 radical (unpaired) electrons. The maximum Gasteiger partial charge on any atom is 0.0424 e. The third-order valence-electron chi connectivity index (χ3n) is 3.49. The SMILES string of the molecule is CCCN(CC)CC(N)c1ccc(CC(C)C)cc1. The molecule has 2 nitrogen and oxygen atoms in total. The van der Waals surface area contributed by atoms with Crippen molar-refractivity contribution in [1.29, 1.82) is 0 Å². The average Bonchev–Trinajstić information content (AvgIpc) is 2.38. The molecule has 0 aliphatic carbocycles. The van der Waals surface area contributed by atoms with Crippen molar-refractivity contribution in [3.63, 3.8) is 0 Å². The maximum atomic E-state index is 6.31. The lowest BCUT2D eigenvalue weighted by Gasteiger charge is -2.24. The van der Waals surface area contributed by atoms with Crippen LogP contribution in [0.25, 0.3) is 0 Å². The van der Waals surface area contributed by atoms with Gasteiger partial charge < -0.3 is 10.6 Å². The fourth-order valence-electron chi connectivity index (χ4n) is 2.45. The number of hydrogen-bond donors (Lipinski definition) is 1. The topological polar surface area (TPSA) is 29.3 Å². The first kappa shape index (κ1) is 16.2. The standard InChI is InChI=1S/C17H30N2/c1-5-11-19(6-2)13-17(18)16-9-7-15(8-10-16)12-14(3)4/h7-10,14,17H,5-6,11-13,18H2,1-4H3. The molecule has 1 aromatic carbocycles. The van der Waals surface area contributed by atoms with Crippen LogP contribution in [0.4, 0.5) is 0 Å². The highest BCUT2D eigenvalue weighted by Gasteiger charge is 2.10. The lowest BCUT2D eigenvalue weighted by Crippen LogP contribution is -2.32. The second kappa shape index (κ2) is 8.34. The van der Waals surface area contributed by atoms with Crippen molar-refractivity contribution < 1.29 is 0 Å². The molecule has 2 N–H and O–H groups in total. The highest BCUT2D eigenvalue weighted by atomic mass is 15.1. The Kier molecular flexibility index (Phi) is 7.11. The molecule has 1 atom stereocenters. The summed E-state index contributed by atoms with van der Waals surface area (Å²) in [4.78, 5) is 2.42. The monoisotopic (exact) mass is 262 g/mol. The molecule has 1 rings (SSSR count). The van der Waals surface area contributed by atoms with E-state index in [1.54, 1.807) is 0 Å². The minimum Gasteiger partial charge on any atom is -0.323 e. The summed E-state index contributed by atoms with van der Waals surface area (Å²) >= 11 is 0. The van der Waals surface area contributed by atoms with Crippen LogP contribution in [0.15, 0.2) is 24.3 Å². The fraction of sp³-hybridized carbons (Fsp3) is 0.647. The Balaban J connectivity index is 2.59. The number of nitrogens with zero attached hydrogens (tertiary/aromatic N) is 1. The first-order chi connectivity index (χ1) is 9.06. The van der Waals surface area contributed by atoms with Crippen LogP contribution in [0.2, 0.25) is 0 Å². The van der Waals surface area contributed by atoms with Crippen LogP contribution in [0.3, 0.4) is 0 Å². The Bertz CT molecular complexity index is 343. The summed E-state index contributed by atoms with van der Waals surface area (Å²) in [6, 6.07) is 8.97. The number of nitrogens with two attached hydrogens (primary N) is 1. The molecule has 108 valence electrons. The quantitative estimate of drug-likeness (QED) is 0.775. The van der Waals surface area contributed by atoms with Gasteiger partial charge in [-0.15, -0.1) is 0 Å². The van der Waals surface area contributed by atoms with E-state index < -0.39 is 0 Å². The lowest BCUT2D eigenvalue weighted by molar-refractivity contribution is 0.271. The molecule has 2 heteroatoms. The highest BCUT2D eigenvalue weighted by Crippen LogP contribution is 2.15. The van der Waals surface area contributed by atoms with Gasteiger partial charge >= 0.3 is 0 Å². The van der Waals surface area contributed by atoms with Gasteiger partial charge in [-0.25, -0.2) is 0 Å². The first-order valence-electron chi connectivity index (χ1n) is 7.63. The first-order valence-corrected chi connectivity index (χ1v) is 7.63. The lowest BCUT2D eigenvalue weighted by atomic mass is 9.99. The number of benzene rings is 1. The molecule has 19 heavy (non-hydrogen) atoms. The molecule has 0 saturated carbocycles. The average molecular weight is 262 g/mol. The molecule has 0 aromatic heterocycles. The van der Waals surface area contributed by atoms with E-state index in [1.165, 1.54) is 17.5 Å². The smallest absolute Gasteiger partial charge is 0.0424 e. The second-order valence-corrected chi connectivity index (χ2v) is 5.84. The predicted molar refractivity (Wildman–Crippen MR) is 84.3 cm³/mol. The van der Waals surface area contributed by atoms with Crippen molar-refractivity contribution in [3.8, 4) is 0 Å². The maximum absolute atomic E-state index is 6.31. The van der Waals surface area contributed by atoms with E-state index in [2.05, 4.69) is 56.9 Å². The summed E-state index contributed by atoms with van der Waals surface area (Å²) in [5, 5.41) is 0. The van der Waals surface area contributed by atoms with Crippen molar-refractivity contribution in [2.24, 2.45) is 11.7 Å². The minimum absolute atomic E-state index is 0.125. The largest absolute Gasteiger partial charge is 0.323 e. The van der Waals surface area contributed by atoms with Gasteiger partial charge in [0, 0.05) is 12.6 Å². The van der Waals surface area contributed by atoms with Crippen molar-refractivity contribution in [2.45, 2.75) is 46.6 Å². The van der Waals surface area contributed by atoms with Gasteiger partial charge in [-0.1, -0.05) is 52.0 Å². The van der Waals surface area contributed by atoms with Crippen molar-refractivity contribution in [2.75, 3.05) is 19.6 Å². The summed E-state index contributed by atoms with van der Waals surface area (Å²) in [6.07, 6.45) is 2.33. The normalized spacial score (nSPS) is 13.2. The van der Waals surface area contributed by atoms with Gasteiger partial charge in [-0.3, -0.25) is 0 Å². The molecule has 0 amide bonds. The zero-order valence-electron chi connectivity index (χ0n) is 13.0. The van der Waals surface area contributed by atoms with Crippen LogP contribution in [-0.4, -0.2) is 24.5 Å². The minimum atomic E-state index is 0.125. The van der Waals surface area contributed by atoms with E-state index in [0.717, 1.165) is 26.1 Å². The molecule has 0 aliphatic rings. The van der Waals surface area contributed by atoms with Crippen molar-refractivity contribution in [1.82, 2.24) is 4.90 Å². The zero-order chi connectivity index (χ0) is 14.3. The van der Waals surface area contributed by atoms with E-state index in [4.69, 9.17) is 5.73 Å². The van der Waals surface area contributed by atoms with Gasteiger partial charge in [0.15, 0.2) is 0 Å². The van der Waals surface area contributed by atoms with Gasteiger partial charge in [0.25, 0.3) is 0 Å². The van der Waals surface area contributed by atoms with Crippen molar-refractivity contribution in [3.05, 3.63) is 35.4 Å². The molecular formula is C17H30N2. The van der Waals surface area contributed by atoms with E-state index in [1.807, 2.05) is 0 Å². The van der Waals surface area contributed by atoms with Gasteiger partial charge in [-0.2, -0.15) is 0 Å². The molecular weight excluding hydrogens is 232 g/mol. The molecule has 0 spiro atoms. The third kappa shape index (κ3) is 5.75. The Morgan fingerprint density at radius 3 is 2.21 bits per heavy atom. The van der Waals surface area contributed by atoms with Gasteiger partial charge in [0.1, 0.15) is 0 Å². The molecule has 0 saturated heterocycles. The molecule has 0 fully saturated rings. The van der Waals surface area contributed by atoms with Crippen LogP contribution in [0, 0.1) is 5.92 Å². The number of likely N-dealkylation sites (N-methyl/N-ethyl adjacent to an activating group) is 1. The Morgan fingerprint density at radius 1 is 1.11 bits per heavy atom. The molecule has 0 bridgehead atoms. The third-order valence-corrected chi connectivity index (χ3v) is 3.49. The number of hydrogen-bond acceptors (Lipinski definition) is 2. The molecule has 0 heterocycles. The van der Waals surface area contributed by atoms with Crippen LogP contribution < -0.4 is 5.73 Å². The van der Waals surface area contributed by atoms with Crippen LogP contribution in [-0.2, 0) is 6.42 Å². The molecule has 1 unspecified atom stereocenters. The van der Waals surface area contributed by atoms with Crippen LogP contribution in [0.5, 0.6) is 0 Å². The van der Waals surface area contributed by atoms with E-state index in [0.29, 0.717) is 5.92 Å². The second-order valence-electron chi connectivity index (χ2n) is 5.84. The predicted octanol–water partition coefficient (Wildman–Crippen LogP) is 3.62. The van der Waals surface area contributed by atoms with E-state index in [9.17, 15) is 0 Å². The van der Waals surface area contributed by atoms with Crippen molar-refractivity contribution >= 4 is 0 Å². The highest BCUT2D eigenvalue weighted by molar-refractivity contribution is 5.25. The summed E-state index contributed by atoms with van der Waals surface area (Å²) in [5.74, 6) is 0.708. The Morgan fingerprint density at radius 2 is 1.74 bits per heavy atom. The van der Waals surface area contributed by atoms with Gasteiger partial charge in [-0.05, 0) is 43.0 Å². The number of rotatable bonds is 8. The fourth-order valence-corrected chi connectivity index (χ4v) is 2.45. The van der Waals surface area contributed by atoms with E-state index in [-0.39, 0.29) is 6.04 Å². The zero-order valence-corrected chi connectivity index (χ0v) is 13.0. The van der Waals surface area contributed by atoms with Gasteiger partial charge in [0.05, 0.1) is 0 Å². The Hall–Kier alpha value is -0.860. The molecule has 0 aliphatic heterocycles. The Labute approximate surface area is 119 Å². The van der Waals surface area contributed by atoms with Gasteiger partial charge in [0.2, 0.25) is 0 Å². The summed E-state index contributed by atoms with van der Waals surface area (Å²) < 4.78 is 0. The van der Waals surface area contributed by atoms with E-state index >= 15 is 0 Å². The van der Waals surface area contributed by atoms with Crippen LogP contribution in [0.1, 0.15) is 51.3 Å². The summed E-state index contributed by atoms with van der Waals surface area (Å²) in [6.45, 7) is 12.1. The molecule has 1 aromatic rings. The van der Waals surface area contributed by atoms with Crippen LogP contribution >= 0.6 is 0 Å². The summed E-state index contributed by atoms with van der Waals surface area (Å²) in [7, 11) is 0. The summed E-state index contributed by atoms with van der Waals surface area (Å²) in [5.41, 5.74) is 8.97.